The Kier molecular flexibility index (Phi) is 4.03. The van der Waals surface area contributed by atoms with Gasteiger partial charge in [-0.3, -0.25) is 4.99 Å². The number of aliphatic imine (C=N–C) groups is 1. The molecule has 0 saturated carbocycles. The molecule has 2 aliphatic rings. The van der Waals surface area contributed by atoms with E-state index >= 15 is 0 Å². The van der Waals surface area contributed by atoms with Gasteiger partial charge in [-0.1, -0.05) is 29.4 Å². The lowest BCUT2D eigenvalue weighted by Crippen LogP contribution is -2.39. The van der Waals surface area contributed by atoms with Gasteiger partial charge in [-0.15, -0.1) is 6.58 Å². The first-order chi connectivity index (χ1) is 10.00. The van der Waals surface area contributed by atoms with Gasteiger partial charge in [0, 0.05) is 16.5 Å². The zero-order chi connectivity index (χ0) is 15.0. The molecule has 1 aromatic carbocycles. The summed E-state index contributed by atoms with van der Waals surface area (Å²) >= 11 is 7.51. The first-order valence-corrected chi connectivity index (χ1v) is 9.75. The maximum atomic E-state index is 11.9. The zero-order valence-corrected chi connectivity index (χ0v) is 13.7. The Labute approximate surface area is 133 Å². The second kappa shape index (κ2) is 5.66. The number of anilines is 1. The fraction of sp³-hybridized carbons (Fsp3) is 0.357. The quantitative estimate of drug-likeness (QED) is 0.792. The van der Waals surface area contributed by atoms with Crippen LogP contribution in [-0.4, -0.2) is 42.9 Å². The highest BCUT2D eigenvalue weighted by atomic mass is 35.5. The molecule has 112 valence electrons. The van der Waals surface area contributed by atoms with Crippen molar-refractivity contribution in [3.8, 4) is 0 Å². The summed E-state index contributed by atoms with van der Waals surface area (Å²) in [6.07, 6.45) is 1.82. The third-order valence-corrected chi connectivity index (χ3v) is 6.46. The summed E-state index contributed by atoms with van der Waals surface area (Å²) in [5.74, 6) is 1.04. The SMILES string of the molecule is C=CCSC1=N[C@@H]2CS(=O)(=O)C[C@@H]2N1c1ccc(Cl)cc1. The molecule has 7 heteroatoms. The topological polar surface area (TPSA) is 49.7 Å². The van der Waals surface area contributed by atoms with Crippen LogP contribution >= 0.6 is 23.4 Å². The number of hydrogen-bond donors (Lipinski definition) is 0. The van der Waals surface area contributed by atoms with Crippen molar-refractivity contribution in [1.29, 1.82) is 0 Å². The predicted molar refractivity (Wildman–Crippen MR) is 90.3 cm³/mol. The van der Waals surface area contributed by atoms with Gasteiger partial charge in [-0.05, 0) is 24.3 Å². The molecule has 0 amide bonds. The minimum atomic E-state index is -3.00. The fourth-order valence-electron chi connectivity index (χ4n) is 2.67. The molecule has 0 radical (unpaired) electrons. The van der Waals surface area contributed by atoms with E-state index in [4.69, 9.17) is 11.6 Å². The molecule has 2 aliphatic heterocycles. The fourth-order valence-corrected chi connectivity index (χ4v) is 5.50. The monoisotopic (exact) mass is 342 g/mol. The zero-order valence-electron chi connectivity index (χ0n) is 11.3. The summed E-state index contributed by atoms with van der Waals surface area (Å²) in [6, 6.07) is 7.15. The number of hydrogen-bond acceptors (Lipinski definition) is 5. The van der Waals surface area contributed by atoms with E-state index in [9.17, 15) is 8.42 Å². The van der Waals surface area contributed by atoms with Crippen LogP contribution in [0.15, 0.2) is 41.9 Å². The number of benzene rings is 1. The second-order valence-electron chi connectivity index (χ2n) is 5.07. The van der Waals surface area contributed by atoms with Crippen molar-refractivity contribution in [2.75, 3.05) is 22.2 Å². The average Bonchev–Trinajstić information content (AvgIpc) is 2.89. The molecular formula is C14H15ClN2O2S2. The molecule has 2 heterocycles. The van der Waals surface area contributed by atoms with E-state index in [-0.39, 0.29) is 23.6 Å². The van der Waals surface area contributed by atoms with Gasteiger partial charge < -0.3 is 4.90 Å². The van der Waals surface area contributed by atoms with Gasteiger partial charge in [-0.25, -0.2) is 8.42 Å². The lowest BCUT2D eigenvalue weighted by molar-refractivity contribution is 0.601. The Bertz CT molecular complexity index is 685. The van der Waals surface area contributed by atoms with Crippen molar-refractivity contribution >= 4 is 44.1 Å². The highest BCUT2D eigenvalue weighted by Crippen LogP contribution is 2.35. The minimum Gasteiger partial charge on any atom is -0.315 e. The lowest BCUT2D eigenvalue weighted by atomic mass is 10.1. The van der Waals surface area contributed by atoms with Crippen LogP contribution in [0.1, 0.15) is 0 Å². The van der Waals surface area contributed by atoms with E-state index in [0.717, 1.165) is 16.6 Å². The van der Waals surface area contributed by atoms with Crippen molar-refractivity contribution in [1.82, 2.24) is 0 Å². The summed E-state index contributed by atoms with van der Waals surface area (Å²) in [4.78, 5) is 6.64. The van der Waals surface area contributed by atoms with Gasteiger partial charge in [0.15, 0.2) is 15.0 Å². The van der Waals surface area contributed by atoms with Crippen LogP contribution in [0.2, 0.25) is 5.02 Å². The lowest BCUT2D eigenvalue weighted by Gasteiger charge is -2.26. The van der Waals surface area contributed by atoms with E-state index in [2.05, 4.69) is 11.6 Å². The summed E-state index contributed by atoms with van der Waals surface area (Å²) in [6.45, 7) is 3.72. The van der Waals surface area contributed by atoms with Crippen LogP contribution in [0, 0.1) is 0 Å². The molecule has 3 rings (SSSR count). The Morgan fingerprint density at radius 1 is 1.38 bits per heavy atom. The van der Waals surface area contributed by atoms with Gasteiger partial charge in [0.2, 0.25) is 0 Å². The summed E-state index contributed by atoms with van der Waals surface area (Å²) in [5, 5.41) is 1.52. The number of rotatable bonds is 3. The molecule has 1 aromatic rings. The number of nitrogens with zero attached hydrogens (tertiary/aromatic N) is 2. The number of thioether (sulfide) groups is 1. The first kappa shape index (κ1) is 14.9. The van der Waals surface area contributed by atoms with Crippen LogP contribution in [0.4, 0.5) is 5.69 Å². The van der Waals surface area contributed by atoms with Crippen LogP contribution in [-0.2, 0) is 9.84 Å². The van der Waals surface area contributed by atoms with Crippen molar-refractivity contribution in [3.63, 3.8) is 0 Å². The molecule has 1 fully saturated rings. The summed E-state index contributed by atoms with van der Waals surface area (Å²) in [5.41, 5.74) is 0.930. The molecule has 4 nitrogen and oxygen atoms in total. The van der Waals surface area contributed by atoms with Gasteiger partial charge in [0.25, 0.3) is 0 Å². The van der Waals surface area contributed by atoms with Crippen molar-refractivity contribution in [3.05, 3.63) is 41.9 Å². The Morgan fingerprint density at radius 2 is 2.10 bits per heavy atom. The molecule has 0 spiro atoms. The highest BCUT2D eigenvalue weighted by Gasteiger charge is 2.46. The maximum absolute atomic E-state index is 11.9. The third kappa shape index (κ3) is 2.98. The van der Waals surface area contributed by atoms with Crippen molar-refractivity contribution in [2.24, 2.45) is 4.99 Å². The van der Waals surface area contributed by atoms with Crippen LogP contribution in [0.5, 0.6) is 0 Å². The molecule has 0 aliphatic carbocycles. The van der Waals surface area contributed by atoms with Gasteiger partial charge in [0.05, 0.1) is 23.6 Å². The Hall–Kier alpha value is -0.980. The van der Waals surface area contributed by atoms with Crippen LogP contribution < -0.4 is 4.90 Å². The van der Waals surface area contributed by atoms with Gasteiger partial charge in [-0.2, -0.15) is 0 Å². The number of amidine groups is 1. The van der Waals surface area contributed by atoms with Crippen molar-refractivity contribution < 1.29 is 8.42 Å². The smallest absolute Gasteiger partial charge is 0.164 e. The molecule has 0 N–H and O–H groups in total. The van der Waals surface area contributed by atoms with Crippen molar-refractivity contribution in [2.45, 2.75) is 12.1 Å². The normalized spacial score (nSPS) is 26.5. The second-order valence-corrected chi connectivity index (χ2v) is 8.65. The van der Waals surface area contributed by atoms with E-state index in [0.29, 0.717) is 5.02 Å². The minimum absolute atomic E-state index is 0.108. The largest absolute Gasteiger partial charge is 0.315 e. The van der Waals surface area contributed by atoms with E-state index in [1.807, 2.05) is 35.2 Å². The molecule has 2 atom stereocenters. The Morgan fingerprint density at radius 3 is 2.76 bits per heavy atom. The molecule has 1 saturated heterocycles. The van der Waals surface area contributed by atoms with E-state index < -0.39 is 9.84 Å². The first-order valence-electron chi connectivity index (χ1n) is 6.57. The maximum Gasteiger partial charge on any atom is 0.164 e. The summed E-state index contributed by atoms with van der Waals surface area (Å²) in [7, 11) is -3.00. The number of halogens is 1. The van der Waals surface area contributed by atoms with Crippen LogP contribution in [0.25, 0.3) is 0 Å². The molecule has 0 unspecified atom stereocenters. The number of fused-ring (bicyclic) bond motifs is 1. The molecule has 0 bridgehead atoms. The Balaban J connectivity index is 1.95. The summed E-state index contributed by atoms with van der Waals surface area (Å²) < 4.78 is 23.7. The van der Waals surface area contributed by atoms with Gasteiger partial charge >= 0.3 is 0 Å². The standard InChI is InChI=1S/C14H15ClN2O2S2/c1-2-7-20-14-16-12-8-21(18,19)9-13(12)17(14)11-5-3-10(15)4-6-11/h2-6,12-13H,1,7-9H2/t12-,13+/m1/s1. The predicted octanol–water partition coefficient (Wildman–Crippen LogP) is 2.60. The van der Waals surface area contributed by atoms with E-state index in [1.54, 1.807) is 11.8 Å². The van der Waals surface area contributed by atoms with Gasteiger partial charge in [0.1, 0.15) is 0 Å². The van der Waals surface area contributed by atoms with Crippen LogP contribution in [0.3, 0.4) is 0 Å². The molecular weight excluding hydrogens is 328 g/mol. The average molecular weight is 343 g/mol. The molecule has 0 aromatic heterocycles. The van der Waals surface area contributed by atoms with E-state index in [1.165, 1.54) is 0 Å². The highest BCUT2D eigenvalue weighted by molar-refractivity contribution is 8.14. The molecule has 21 heavy (non-hydrogen) atoms. The number of sulfone groups is 1. The third-order valence-electron chi connectivity index (χ3n) is 3.54.